The number of piperazine rings is 1. The number of carbonyl (C=O) groups is 2. The van der Waals surface area contributed by atoms with Gasteiger partial charge >= 0.3 is 0 Å². The Morgan fingerprint density at radius 3 is 2.77 bits per heavy atom. The number of nitrogens with one attached hydrogen (secondary N) is 1. The van der Waals surface area contributed by atoms with Crippen LogP contribution in [-0.2, 0) is 16.0 Å². The van der Waals surface area contributed by atoms with Crippen LogP contribution < -0.4 is 0 Å². The highest BCUT2D eigenvalue weighted by atomic mass is 16.2. The van der Waals surface area contributed by atoms with Crippen molar-refractivity contribution < 1.29 is 9.59 Å². The first-order valence-electron chi connectivity index (χ1n) is 9.31. The molecule has 1 saturated heterocycles. The lowest BCUT2D eigenvalue weighted by atomic mass is 9.90. The van der Waals surface area contributed by atoms with E-state index in [1.54, 1.807) is 9.80 Å². The number of hydrogen-bond donors (Lipinski definition) is 1. The van der Waals surface area contributed by atoms with E-state index < -0.39 is 0 Å². The number of benzene rings is 1. The zero-order chi connectivity index (χ0) is 18.4. The predicted molar refractivity (Wildman–Crippen MR) is 101 cm³/mol. The molecular formula is C20H26N4O2. The van der Waals surface area contributed by atoms with Gasteiger partial charge in [0.1, 0.15) is 6.04 Å². The fraction of sp³-hybridized carbons (Fsp3) is 0.500. The molecule has 138 valence electrons. The molecule has 6 heteroatoms. The van der Waals surface area contributed by atoms with Gasteiger partial charge in [-0.25, -0.2) is 0 Å². The summed E-state index contributed by atoms with van der Waals surface area (Å²) in [6.45, 7) is 3.77. The Hall–Kier alpha value is -2.34. The first kappa shape index (κ1) is 17.1. The fourth-order valence-electron chi connectivity index (χ4n) is 4.39. The topological polar surface area (TPSA) is 59.7 Å². The first-order chi connectivity index (χ1) is 12.5. The fourth-order valence-corrected chi connectivity index (χ4v) is 4.39. The molecule has 1 aromatic heterocycles. The number of H-pyrrole nitrogens is 1. The predicted octanol–water partition coefficient (Wildman–Crippen LogP) is 1.78. The average molecular weight is 354 g/mol. The molecule has 3 heterocycles. The van der Waals surface area contributed by atoms with E-state index in [1.807, 2.05) is 33.2 Å². The molecule has 0 saturated carbocycles. The van der Waals surface area contributed by atoms with Gasteiger partial charge in [-0.3, -0.25) is 9.59 Å². The normalized spacial score (nSPS) is 22.9. The van der Waals surface area contributed by atoms with E-state index in [1.165, 1.54) is 10.9 Å². The molecule has 2 amide bonds. The second-order valence-electron chi connectivity index (χ2n) is 7.68. The molecule has 26 heavy (non-hydrogen) atoms. The van der Waals surface area contributed by atoms with Gasteiger partial charge in [0.15, 0.2) is 0 Å². The zero-order valence-corrected chi connectivity index (χ0v) is 15.7. The minimum atomic E-state index is -0.377. The minimum Gasteiger partial charge on any atom is -0.356 e. The number of fused-ring (bicyclic) bond motifs is 4. The van der Waals surface area contributed by atoms with Crippen LogP contribution in [-0.4, -0.2) is 71.3 Å². The van der Waals surface area contributed by atoms with Crippen LogP contribution in [0.2, 0.25) is 0 Å². The van der Waals surface area contributed by atoms with Gasteiger partial charge in [0.2, 0.25) is 11.8 Å². The maximum atomic E-state index is 13.1. The van der Waals surface area contributed by atoms with Crippen LogP contribution in [0.25, 0.3) is 10.9 Å². The number of hydrogen-bond acceptors (Lipinski definition) is 3. The minimum absolute atomic E-state index is 0.0521. The Bertz CT molecular complexity index is 857. The number of aromatic nitrogens is 1. The lowest BCUT2D eigenvalue weighted by Crippen LogP contribution is -2.62. The molecule has 6 nitrogen and oxygen atoms in total. The van der Waals surface area contributed by atoms with Gasteiger partial charge in [-0.15, -0.1) is 0 Å². The standard InChI is InChI=1S/C20H26N4O2/c1-13-19-15(14-7-4-5-8-16(14)21-19)11-17-20(26)23(10-6-9-22(2)3)12-18(25)24(13)17/h4-5,7-8,13,17,21H,6,9-12H2,1-3H3/t13-,17-/m0/s1. The van der Waals surface area contributed by atoms with Crippen molar-refractivity contribution in [3.8, 4) is 0 Å². The summed E-state index contributed by atoms with van der Waals surface area (Å²) in [6.07, 6.45) is 1.48. The Morgan fingerprint density at radius 2 is 2.00 bits per heavy atom. The molecule has 1 aromatic carbocycles. The van der Waals surface area contributed by atoms with Gasteiger partial charge in [-0.2, -0.15) is 0 Å². The van der Waals surface area contributed by atoms with Crippen LogP contribution in [0.1, 0.15) is 30.6 Å². The molecule has 1 N–H and O–H groups in total. The van der Waals surface area contributed by atoms with Crippen LogP contribution in [0.5, 0.6) is 0 Å². The molecule has 2 atom stereocenters. The average Bonchev–Trinajstić information content (AvgIpc) is 2.98. The van der Waals surface area contributed by atoms with Crippen molar-refractivity contribution in [3.63, 3.8) is 0 Å². The van der Waals surface area contributed by atoms with E-state index in [2.05, 4.69) is 22.0 Å². The second kappa shape index (κ2) is 6.43. The van der Waals surface area contributed by atoms with Crippen molar-refractivity contribution in [2.75, 3.05) is 33.7 Å². The molecule has 0 aliphatic carbocycles. The van der Waals surface area contributed by atoms with Gasteiger partial charge in [0, 0.05) is 29.6 Å². The van der Waals surface area contributed by atoms with Gasteiger partial charge in [-0.1, -0.05) is 18.2 Å². The van der Waals surface area contributed by atoms with Crippen LogP contribution in [0.4, 0.5) is 0 Å². The largest absolute Gasteiger partial charge is 0.356 e. The van der Waals surface area contributed by atoms with Crippen molar-refractivity contribution >= 4 is 22.7 Å². The number of rotatable bonds is 4. The SMILES string of the molecule is C[C@H]1c2[nH]c3ccccc3c2C[C@H]2C(=O)N(CCCN(C)C)CC(=O)N21. The Labute approximate surface area is 153 Å². The smallest absolute Gasteiger partial charge is 0.246 e. The van der Waals surface area contributed by atoms with Crippen LogP contribution in [0, 0.1) is 0 Å². The molecule has 0 spiro atoms. The van der Waals surface area contributed by atoms with Crippen molar-refractivity contribution in [3.05, 3.63) is 35.5 Å². The summed E-state index contributed by atoms with van der Waals surface area (Å²) >= 11 is 0. The summed E-state index contributed by atoms with van der Waals surface area (Å²) in [6, 6.07) is 7.70. The van der Waals surface area contributed by atoms with E-state index in [0.717, 1.165) is 24.2 Å². The van der Waals surface area contributed by atoms with Gasteiger partial charge in [0.25, 0.3) is 0 Å². The summed E-state index contributed by atoms with van der Waals surface area (Å²) in [4.78, 5) is 35.0. The second-order valence-corrected chi connectivity index (χ2v) is 7.68. The van der Waals surface area contributed by atoms with Crippen LogP contribution in [0.3, 0.4) is 0 Å². The van der Waals surface area contributed by atoms with E-state index in [-0.39, 0.29) is 30.4 Å². The number of para-hydroxylation sites is 1. The molecule has 0 radical (unpaired) electrons. The third kappa shape index (κ3) is 2.69. The molecular weight excluding hydrogens is 328 g/mol. The summed E-state index contributed by atoms with van der Waals surface area (Å²) < 4.78 is 0. The van der Waals surface area contributed by atoms with E-state index >= 15 is 0 Å². The molecule has 0 unspecified atom stereocenters. The highest BCUT2D eigenvalue weighted by Gasteiger charge is 2.45. The zero-order valence-electron chi connectivity index (χ0n) is 15.7. The van der Waals surface area contributed by atoms with Gasteiger partial charge < -0.3 is 19.7 Å². The van der Waals surface area contributed by atoms with E-state index in [9.17, 15) is 9.59 Å². The molecule has 2 aromatic rings. The highest BCUT2D eigenvalue weighted by molar-refractivity contribution is 5.97. The quantitative estimate of drug-likeness (QED) is 0.910. The van der Waals surface area contributed by atoms with Crippen molar-refractivity contribution in [1.82, 2.24) is 19.7 Å². The highest BCUT2D eigenvalue weighted by Crippen LogP contribution is 2.38. The van der Waals surface area contributed by atoms with E-state index in [0.29, 0.717) is 13.0 Å². The monoisotopic (exact) mass is 354 g/mol. The number of carbonyl (C=O) groups excluding carboxylic acids is 2. The summed E-state index contributed by atoms with van der Waals surface area (Å²) in [5.74, 6) is 0.141. The molecule has 4 rings (SSSR count). The summed E-state index contributed by atoms with van der Waals surface area (Å²) in [7, 11) is 4.04. The maximum Gasteiger partial charge on any atom is 0.246 e. The third-order valence-corrected chi connectivity index (χ3v) is 5.66. The van der Waals surface area contributed by atoms with E-state index in [4.69, 9.17) is 0 Å². The van der Waals surface area contributed by atoms with Gasteiger partial charge in [0.05, 0.1) is 12.6 Å². The number of amides is 2. The molecule has 0 bridgehead atoms. The first-order valence-corrected chi connectivity index (χ1v) is 9.31. The molecule has 1 fully saturated rings. The maximum absolute atomic E-state index is 13.1. The molecule has 2 aliphatic rings. The van der Waals surface area contributed by atoms with Crippen molar-refractivity contribution in [2.45, 2.75) is 31.8 Å². The Balaban J connectivity index is 1.63. The lowest BCUT2D eigenvalue weighted by Gasteiger charge is -2.46. The Kier molecular flexibility index (Phi) is 4.23. The van der Waals surface area contributed by atoms with Gasteiger partial charge in [-0.05, 0) is 45.6 Å². The van der Waals surface area contributed by atoms with Crippen molar-refractivity contribution in [1.29, 1.82) is 0 Å². The number of nitrogens with zero attached hydrogens (tertiary/aromatic N) is 3. The van der Waals surface area contributed by atoms with Crippen molar-refractivity contribution in [2.24, 2.45) is 0 Å². The van der Waals surface area contributed by atoms with Crippen LogP contribution in [0.15, 0.2) is 24.3 Å². The lowest BCUT2D eigenvalue weighted by molar-refractivity contribution is -0.159. The number of aromatic amines is 1. The summed E-state index contributed by atoms with van der Waals surface area (Å²) in [5, 5.41) is 1.17. The third-order valence-electron chi connectivity index (χ3n) is 5.66. The van der Waals surface area contributed by atoms with Crippen LogP contribution >= 0.6 is 0 Å². The molecule has 2 aliphatic heterocycles. The Morgan fingerprint density at radius 1 is 1.23 bits per heavy atom. The summed E-state index contributed by atoms with van der Waals surface area (Å²) in [5.41, 5.74) is 3.34.